The van der Waals surface area contributed by atoms with Gasteiger partial charge >= 0.3 is 0 Å². The van der Waals surface area contributed by atoms with Gasteiger partial charge in [-0.3, -0.25) is 4.99 Å². The van der Waals surface area contributed by atoms with E-state index in [0.717, 1.165) is 18.7 Å². The predicted octanol–water partition coefficient (Wildman–Crippen LogP) is 1.99. The Hall–Kier alpha value is -1.71. The van der Waals surface area contributed by atoms with Crippen LogP contribution in [-0.4, -0.2) is 38.6 Å². The summed E-state index contributed by atoms with van der Waals surface area (Å²) in [4.78, 5) is 6.32. The van der Waals surface area contributed by atoms with E-state index in [4.69, 9.17) is 10.5 Å². The number of rotatable bonds is 3. The molecule has 4 heteroatoms. The van der Waals surface area contributed by atoms with Crippen molar-refractivity contribution in [3.8, 4) is 5.75 Å². The molecule has 2 N–H and O–H groups in total. The minimum Gasteiger partial charge on any atom is -0.497 e. The van der Waals surface area contributed by atoms with E-state index in [1.165, 1.54) is 24.0 Å². The first-order chi connectivity index (χ1) is 9.11. The van der Waals surface area contributed by atoms with Gasteiger partial charge in [0.25, 0.3) is 0 Å². The fraction of sp³-hybridized carbons (Fsp3) is 0.533. The predicted molar refractivity (Wildman–Crippen MR) is 78.8 cm³/mol. The van der Waals surface area contributed by atoms with Gasteiger partial charge in [0.05, 0.1) is 7.11 Å². The molecule has 0 bridgehead atoms. The molecule has 19 heavy (non-hydrogen) atoms. The highest BCUT2D eigenvalue weighted by molar-refractivity contribution is 5.77. The first-order valence-corrected chi connectivity index (χ1v) is 6.76. The van der Waals surface area contributed by atoms with Crippen LogP contribution in [0.3, 0.4) is 0 Å². The third kappa shape index (κ3) is 3.19. The lowest BCUT2D eigenvalue weighted by Gasteiger charge is -2.25. The normalized spacial score (nSPS) is 18.9. The van der Waals surface area contributed by atoms with Crippen LogP contribution in [0, 0.1) is 0 Å². The van der Waals surface area contributed by atoms with Crippen LogP contribution in [-0.2, 0) is 6.42 Å². The van der Waals surface area contributed by atoms with Gasteiger partial charge < -0.3 is 15.4 Å². The van der Waals surface area contributed by atoms with Gasteiger partial charge in [-0.05, 0) is 42.5 Å². The van der Waals surface area contributed by atoms with Crippen molar-refractivity contribution in [2.45, 2.75) is 25.2 Å². The largest absolute Gasteiger partial charge is 0.497 e. The minimum atomic E-state index is 0.480. The number of nitrogens with zero attached hydrogens (tertiary/aromatic N) is 2. The van der Waals surface area contributed by atoms with Gasteiger partial charge in [0.1, 0.15) is 5.75 Å². The Balaban J connectivity index is 2.16. The molecule has 0 unspecified atom stereocenters. The molecule has 104 valence electrons. The van der Waals surface area contributed by atoms with E-state index < -0.39 is 0 Å². The number of methoxy groups -OCH3 is 1. The van der Waals surface area contributed by atoms with Crippen molar-refractivity contribution in [1.29, 1.82) is 0 Å². The molecule has 1 aliphatic carbocycles. The van der Waals surface area contributed by atoms with Crippen LogP contribution in [0.2, 0.25) is 0 Å². The van der Waals surface area contributed by atoms with Crippen LogP contribution in [0.25, 0.3) is 0 Å². The summed E-state index contributed by atoms with van der Waals surface area (Å²) in [5.41, 5.74) is 8.66. The highest BCUT2D eigenvalue weighted by Crippen LogP contribution is 2.33. The van der Waals surface area contributed by atoms with Gasteiger partial charge in [0, 0.05) is 26.6 Å². The Bertz CT molecular complexity index is 468. The summed E-state index contributed by atoms with van der Waals surface area (Å²) in [5, 5.41) is 0. The molecule has 0 fully saturated rings. The number of hydrogen-bond donors (Lipinski definition) is 1. The summed E-state index contributed by atoms with van der Waals surface area (Å²) in [6, 6.07) is 6.37. The van der Waals surface area contributed by atoms with E-state index in [0.29, 0.717) is 11.9 Å². The van der Waals surface area contributed by atoms with Gasteiger partial charge in [-0.25, -0.2) is 0 Å². The summed E-state index contributed by atoms with van der Waals surface area (Å²) in [6.07, 6.45) is 3.53. The van der Waals surface area contributed by atoms with E-state index in [9.17, 15) is 0 Å². The Morgan fingerprint density at radius 3 is 2.95 bits per heavy atom. The molecule has 2 rings (SSSR count). The van der Waals surface area contributed by atoms with Crippen molar-refractivity contribution in [2.75, 3.05) is 27.7 Å². The van der Waals surface area contributed by atoms with E-state index in [1.54, 1.807) is 7.11 Å². The molecule has 1 atom stereocenters. The van der Waals surface area contributed by atoms with E-state index in [-0.39, 0.29) is 0 Å². The second-order valence-electron chi connectivity index (χ2n) is 5.25. The topological polar surface area (TPSA) is 50.9 Å². The number of fused-ring (bicyclic) bond motifs is 1. The van der Waals surface area contributed by atoms with Crippen LogP contribution in [0.4, 0.5) is 0 Å². The van der Waals surface area contributed by atoms with Crippen LogP contribution in [0.5, 0.6) is 5.75 Å². The second-order valence-corrected chi connectivity index (χ2v) is 5.25. The summed E-state index contributed by atoms with van der Waals surface area (Å²) in [6.45, 7) is 0.767. The lowest BCUT2D eigenvalue weighted by molar-refractivity contribution is 0.413. The Kier molecular flexibility index (Phi) is 4.30. The van der Waals surface area contributed by atoms with Crippen molar-refractivity contribution >= 4 is 5.96 Å². The van der Waals surface area contributed by atoms with E-state index >= 15 is 0 Å². The fourth-order valence-corrected chi connectivity index (χ4v) is 2.55. The number of nitrogens with two attached hydrogens (primary N) is 1. The number of hydrogen-bond acceptors (Lipinski definition) is 2. The van der Waals surface area contributed by atoms with Crippen molar-refractivity contribution in [3.05, 3.63) is 29.3 Å². The number of benzene rings is 1. The smallest absolute Gasteiger partial charge is 0.190 e. The first kappa shape index (κ1) is 13.7. The molecular weight excluding hydrogens is 238 g/mol. The van der Waals surface area contributed by atoms with Gasteiger partial charge in [-0.1, -0.05) is 6.07 Å². The van der Waals surface area contributed by atoms with Crippen molar-refractivity contribution < 1.29 is 4.74 Å². The summed E-state index contributed by atoms with van der Waals surface area (Å²) in [5.74, 6) is 2.02. The average Bonchev–Trinajstić information content (AvgIpc) is 2.43. The van der Waals surface area contributed by atoms with Crippen molar-refractivity contribution in [3.63, 3.8) is 0 Å². The molecule has 0 heterocycles. The molecule has 4 nitrogen and oxygen atoms in total. The summed E-state index contributed by atoms with van der Waals surface area (Å²) >= 11 is 0. The molecular formula is C15H23N3O. The van der Waals surface area contributed by atoms with Gasteiger partial charge in [0.2, 0.25) is 0 Å². The van der Waals surface area contributed by atoms with Crippen LogP contribution in [0.15, 0.2) is 23.2 Å². The van der Waals surface area contributed by atoms with Gasteiger partial charge in [-0.2, -0.15) is 0 Å². The maximum Gasteiger partial charge on any atom is 0.190 e. The Morgan fingerprint density at radius 2 is 2.26 bits per heavy atom. The first-order valence-electron chi connectivity index (χ1n) is 6.76. The lowest BCUT2D eigenvalue weighted by atomic mass is 9.83. The zero-order valence-corrected chi connectivity index (χ0v) is 12.0. The molecule has 0 spiro atoms. The van der Waals surface area contributed by atoms with Crippen LogP contribution in [0.1, 0.15) is 29.9 Å². The minimum absolute atomic E-state index is 0.480. The van der Waals surface area contributed by atoms with Crippen LogP contribution < -0.4 is 10.5 Å². The summed E-state index contributed by atoms with van der Waals surface area (Å²) in [7, 11) is 5.54. The monoisotopic (exact) mass is 261 g/mol. The number of aliphatic imine (C=N–C) groups is 1. The zero-order chi connectivity index (χ0) is 13.8. The summed E-state index contributed by atoms with van der Waals surface area (Å²) < 4.78 is 5.29. The highest BCUT2D eigenvalue weighted by Gasteiger charge is 2.20. The molecule has 0 aliphatic heterocycles. The quantitative estimate of drug-likeness (QED) is 0.668. The molecule has 0 radical (unpaired) electrons. The molecule has 1 aliphatic rings. The van der Waals surface area contributed by atoms with Gasteiger partial charge in [-0.15, -0.1) is 0 Å². The molecule has 0 saturated carbocycles. The van der Waals surface area contributed by atoms with Crippen LogP contribution >= 0.6 is 0 Å². The zero-order valence-electron chi connectivity index (χ0n) is 12.0. The Morgan fingerprint density at radius 1 is 1.47 bits per heavy atom. The molecule has 1 aromatic rings. The van der Waals surface area contributed by atoms with Gasteiger partial charge in [0.15, 0.2) is 5.96 Å². The number of ether oxygens (including phenoxy) is 1. The SMILES string of the molecule is COc1ccc2c(c1)CCC[C@H]2CN=C(N)N(C)C. The third-order valence-corrected chi connectivity index (χ3v) is 3.72. The second kappa shape index (κ2) is 5.95. The van der Waals surface area contributed by atoms with E-state index in [1.807, 2.05) is 25.1 Å². The number of guanidine groups is 1. The molecule has 0 saturated heterocycles. The van der Waals surface area contributed by atoms with Crippen molar-refractivity contribution in [2.24, 2.45) is 10.7 Å². The molecule has 0 aromatic heterocycles. The maximum absolute atomic E-state index is 5.86. The standard InChI is InChI=1S/C15H23N3O/c1-18(2)15(16)17-10-12-6-4-5-11-9-13(19-3)7-8-14(11)12/h7-9,12H,4-6,10H2,1-3H3,(H2,16,17)/t12-/m0/s1. The third-order valence-electron chi connectivity index (χ3n) is 3.72. The van der Waals surface area contributed by atoms with Crippen molar-refractivity contribution in [1.82, 2.24) is 4.90 Å². The Labute approximate surface area is 115 Å². The fourth-order valence-electron chi connectivity index (χ4n) is 2.55. The van der Waals surface area contributed by atoms with E-state index in [2.05, 4.69) is 17.1 Å². The average molecular weight is 261 g/mol. The number of aryl methyl sites for hydroxylation is 1. The molecule has 1 aromatic carbocycles. The highest BCUT2D eigenvalue weighted by atomic mass is 16.5. The maximum atomic E-state index is 5.86. The molecule has 0 amide bonds. The lowest BCUT2D eigenvalue weighted by Crippen LogP contribution is -2.31.